The Labute approximate surface area is 110 Å². The van der Waals surface area contributed by atoms with Gasteiger partial charge in [-0.15, -0.1) is 0 Å². The largest absolute Gasteiger partial charge is 0.327 e. The Hall–Kier alpha value is -1.13. The maximum Gasteiger partial charge on any atom is 0.123 e. The van der Waals surface area contributed by atoms with Crippen LogP contribution in [0.2, 0.25) is 0 Å². The van der Waals surface area contributed by atoms with Gasteiger partial charge in [-0.05, 0) is 19.1 Å². The number of rotatable bonds is 5. The van der Waals surface area contributed by atoms with Crippen LogP contribution < -0.4 is 5.32 Å². The molecule has 0 saturated carbocycles. The second-order valence-electron chi connectivity index (χ2n) is 3.88. The smallest absolute Gasteiger partial charge is 0.123 e. The number of fused-ring (bicyclic) bond motifs is 1. The molecule has 0 aliphatic carbocycles. The first-order chi connectivity index (χ1) is 8.22. The monoisotopic (exact) mass is 293 g/mol. The molecular weight excluding hydrogens is 278 g/mol. The highest BCUT2D eigenvalue weighted by molar-refractivity contribution is 9.11. The highest BCUT2D eigenvalue weighted by atomic mass is 79.9. The van der Waals surface area contributed by atoms with Gasteiger partial charge in [0.2, 0.25) is 0 Å². The summed E-state index contributed by atoms with van der Waals surface area (Å²) in [6, 6.07) is 8.23. The molecule has 0 unspecified atom stereocenters. The molecule has 0 radical (unpaired) electrons. The first-order valence-electron chi connectivity index (χ1n) is 5.70. The van der Waals surface area contributed by atoms with E-state index in [1.807, 2.05) is 12.1 Å². The van der Waals surface area contributed by atoms with Gasteiger partial charge in [0.05, 0.1) is 17.6 Å². The SMILES string of the molecule is C=C(Br)CNCc1nc2ccccc2n1CC. The van der Waals surface area contributed by atoms with Gasteiger partial charge in [-0.1, -0.05) is 34.6 Å². The van der Waals surface area contributed by atoms with Crippen LogP contribution >= 0.6 is 15.9 Å². The Morgan fingerprint density at radius 1 is 1.47 bits per heavy atom. The first-order valence-corrected chi connectivity index (χ1v) is 6.49. The Morgan fingerprint density at radius 2 is 2.24 bits per heavy atom. The third-order valence-electron chi connectivity index (χ3n) is 2.65. The van der Waals surface area contributed by atoms with Crippen molar-refractivity contribution in [1.82, 2.24) is 14.9 Å². The topological polar surface area (TPSA) is 29.9 Å². The standard InChI is InChI=1S/C13H16BrN3/c1-3-17-12-7-5-4-6-11(12)16-13(17)9-15-8-10(2)14/h4-7,15H,2-3,8-9H2,1H3. The number of aromatic nitrogens is 2. The Kier molecular flexibility index (Phi) is 3.97. The summed E-state index contributed by atoms with van der Waals surface area (Å²) in [5, 5.41) is 3.31. The van der Waals surface area contributed by atoms with E-state index in [2.05, 4.69) is 56.4 Å². The summed E-state index contributed by atoms with van der Waals surface area (Å²) in [5.41, 5.74) is 2.26. The molecular formula is C13H16BrN3. The number of halogens is 1. The van der Waals surface area contributed by atoms with Crippen molar-refractivity contribution in [2.75, 3.05) is 6.54 Å². The van der Waals surface area contributed by atoms with Gasteiger partial charge in [0, 0.05) is 17.6 Å². The molecule has 1 aromatic heterocycles. The second-order valence-corrected chi connectivity index (χ2v) is 5.00. The van der Waals surface area contributed by atoms with Crippen LogP contribution in [0.5, 0.6) is 0 Å². The second kappa shape index (κ2) is 5.47. The van der Waals surface area contributed by atoms with Crippen molar-refractivity contribution in [2.24, 2.45) is 0 Å². The molecule has 1 heterocycles. The molecule has 0 saturated heterocycles. The van der Waals surface area contributed by atoms with Crippen molar-refractivity contribution in [3.05, 3.63) is 41.2 Å². The molecule has 0 aliphatic rings. The molecule has 0 amide bonds. The third-order valence-corrected chi connectivity index (χ3v) is 2.93. The Bertz CT molecular complexity index is 530. The van der Waals surface area contributed by atoms with Crippen molar-refractivity contribution < 1.29 is 0 Å². The number of nitrogens with zero attached hydrogens (tertiary/aromatic N) is 2. The van der Waals surface area contributed by atoms with Crippen molar-refractivity contribution in [1.29, 1.82) is 0 Å². The lowest BCUT2D eigenvalue weighted by atomic mass is 10.3. The van der Waals surface area contributed by atoms with Gasteiger partial charge in [-0.2, -0.15) is 0 Å². The van der Waals surface area contributed by atoms with Crippen LogP contribution in [0.4, 0.5) is 0 Å². The lowest BCUT2D eigenvalue weighted by molar-refractivity contribution is 0.650. The van der Waals surface area contributed by atoms with E-state index in [1.54, 1.807) is 0 Å². The highest BCUT2D eigenvalue weighted by Gasteiger charge is 2.07. The third kappa shape index (κ3) is 2.76. The Balaban J connectivity index is 2.24. The molecule has 0 bridgehead atoms. The molecule has 3 nitrogen and oxygen atoms in total. The molecule has 4 heteroatoms. The van der Waals surface area contributed by atoms with Crippen LogP contribution in [0, 0.1) is 0 Å². The van der Waals surface area contributed by atoms with Crippen LogP contribution in [0.3, 0.4) is 0 Å². The van der Waals surface area contributed by atoms with Crippen LogP contribution in [0.1, 0.15) is 12.7 Å². The highest BCUT2D eigenvalue weighted by Crippen LogP contribution is 2.15. The maximum absolute atomic E-state index is 4.64. The van der Waals surface area contributed by atoms with Gasteiger partial charge in [-0.25, -0.2) is 4.98 Å². The molecule has 1 N–H and O–H groups in total. The van der Waals surface area contributed by atoms with Gasteiger partial charge in [-0.3, -0.25) is 0 Å². The minimum absolute atomic E-state index is 0.757. The van der Waals surface area contributed by atoms with Crippen LogP contribution in [0.25, 0.3) is 11.0 Å². The summed E-state index contributed by atoms with van der Waals surface area (Å²) < 4.78 is 3.19. The fraction of sp³-hybridized carbons (Fsp3) is 0.308. The molecule has 90 valence electrons. The zero-order valence-corrected chi connectivity index (χ0v) is 11.5. The van der Waals surface area contributed by atoms with E-state index in [0.717, 1.165) is 35.5 Å². The minimum atomic E-state index is 0.757. The van der Waals surface area contributed by atoms with E-state index in [1.165, 1.54) is 5.52 Å². The molecule has 0 atom stereocenters. The van der Waals surface area contributed by atoms with Gasteiger partial charge >= 0.3 is 0 Å². The summed E-state index contributed by atoms with van der Waals surface area (Å²) in [6.45, 7) is 8.39. The number of benzene rings is 1. The van der Waals surface area contributed by atoms with Crippen LogP contribution in [0.15, 0.2) is 35.3 Å². The quantitative estimate of drug-likeness (QED) is 0.918. The Morgan fingerprint density at radius 3 is 2.94 bits per heavy atom. The molecule has 17 heavy (non-hydrogen) atoms. The molecule has 0 aliphatic heterocycles. The molecule has 0 fully saturated rings. The fourth-order valence-corrected chi connectivity index (χ4v) is 2.12. The number of hydrogen-bond acceptors (Lipinski definition) is 2. The van der Waals surface area contributed by atoms with Crippen molar-refractivity contribution >= 4 is 27.0 Å². The molecule has 1 aromatic carbocycles. The van der Waals surface area contributed by atoms with E-state index in [-0.39, 0.29) is 0 Å². The number of hydrogen-bond donors (Lipinski definition) is 1. The fourth-order valence-electron chi connectivity index (χ4n) is 1.92. The lowest BCUT2D eigenvalue weighted by Gasteiger charge is -2.06. The summed E-state index contributed by atoms with van der Waals surface area (Å²) in [5.74, 6) is 1.07. The average Bonchev–Trinajstić information content (AvgIpc) is 2.66. The van der Waals surface area contributed by atoms with E-state index in [0.29, 0.717) is 0 Å². The summed E-state index contributed by atoms with van der Waals surface area (Å²) in [6.07, 6.45) is 0. The minimum Gasteiger partial charge on any atom is -0.327 e. The van der Waals surface area contributed by atoms with E-state index >= 15 is 0 Å². The molecule has 2 aromatic rings. The summed E-state index contributed by atoms with van der Waals surface area (Å²) in [7, 11) is 0. The number of imidazole rings is 1. The first kappa shape index (κ1) is 12.3. The van der Waals surface area contributed by atoms with Crippen molar-refractivity contribution in [3.8, 4) is 0 Å². The number of nitrogens with one attached hydrogen (secondary N) is 1. The zero-order chi connectivity index (χ0) is 12.3. The van der Waals surface area contributed by atoms with Crippen molar-refractivity contribution in [2.45, 2.75) is 20.0 Å². The predicted octanol–water partition coefficient (Wildman–Crippen LogP) is 3.05. The van der Waals surface area contributed by atoms with Gasteiger partial charge < -0.3 is 9.88 Å². The van der Waals surface area contributed by atoms with E-state index in [9.17, 15) is 0 Å². The van der Waals surface area contributed by atoms with Crippen molar-refractivity contribution in [3.63, 3.8) is 0 Å². The zero-order valence-electron chi connectivity index (χ0n) is 9.91. The normalized spacial score (nSPS) is 10.9. The van der Waals surface area contributed by atoms with Gasteiger partial charge in [0.15, 0.2) is 0 Å². The molecule has 0 spiro atoms. The lowest BCUT2D eigenvalue weighted by Crippen LogP contribution is -2.17. The summed E-state index contributed by atoms with van der Waals surface area (Å²) >= 11 is 3.33. The van der Waals surface area contributed by atoms with Crippen LogP contribution in [-0.2, 0) is 13.1 Å². The maximum atomic E-state index is 4.64. The van der Waals surface area contributed by atoms with E-state index in [4.69, 9.17) is 0 Å². The number of para-hydroxylation sites is 2. The summed E-state index contributed by atoms with van der Waals surface area (Å²) in [4.78, 5) is 4.64. The van der Waals surface area contributed by atoms with Gasteiger partial charge in [0.25, 0.3) is 0 Å². The average molecular weight is 294 g/mol. The number of aryl methyl sites for hydroxylation is 1. The molecule has 2 rings (SSSR count). The predicted molar refractivity (Wildman–Crippen MR) is 75.2 cm³/mol. The van der Waals surface area contributed by atoms with Crippen LogP contribution in [-0.4, -0.2) is 16.1 Å². The van der Waals surface area contributed by atoms with Gasteiger partial charge in [0.1, 0.15) is 5.82 Å². The van der Waals surface area contributed by atoms with E-state index < -0.39 is 0 Å².